The minimum atomic E-state index is 0.471. The first-order valence-corrected chi connectivity index (χ1v) is 10.0. The molecule has 0 atom stereocenters. The maximum atomic E-state index is 6.34. The molecule has 0 saturated heterocycles. The van der Waals surface area contributed by atoms with Gasteiger partial charge in [0.05, 0.1) is 18.0 Å². The van der Waals surface area contributed by atoms with Crippen molar-refractivity contribution in [2.24, 2.45) is 10.7 Å². The van der Waals surface area contributed by atoms with E-state index in [9.17, 15) is 0 Å². The highest BCUT2D eigenvalue weighted by Gasteiger charge is 2.18. The summed E-state index contributed by atoms with van der Waals surface area (Å²) in [5.74, 6) is 1.34. The molecule has 0 unspecified atom stereocenters. The van der Waals surface area contributed by atoms with Crippen LogP contribution in [0.25, 0.3) is 10.8 Å². The number of aliphatic imine (C=N–C) groups is 1. The van der Waals surface area contributed by atoms with Crippen LogP contribution in [-0.2, 0) is 12.8 Å². The van der Waals surface area contributed by atoms with Gasteiger partial charge in [-0.15, -0.1) is 0 Å². The SMILES string of the molecule is CCCCOc1ccc(N=C(N)N(C)c2ccc3c4c(cccc24)CC3)cc1. The van der Waals surface area contributed by atoms with Crippen LogP contribution in [0, 0.1) is 0 Å². The fourth-order valence-corrected chi connectivity index (χ4v) is 3.81. The van der Waals surface area contributed by atoms with Gasteiger partial charge in [0.2, 0.25) is 5.96 Å². The summed E-state index contributed by atoms with van der Waals surface area (Å²) in [4.78, 5) is 6.57. The lowest BCUT2D eigenvalue weighted by Crippen LogP contribution is -2.33. The second kappa shape index (κ2) is 7.93. The Morgan fingerprint density at radius 2 is 1.79 bits per heavy atom. The van der Waals surface area contributed by atoms with Crippen molar-refractivity contribution in [2.75, 3.05) is 18.6 Å². The summed E-state index contributed by atoms with van der Waals surface area (Å²) in [7, 11) is 1.97. The van der Waals surface area contributed by atoms with Crippen LogP contribution in [0.15, 0.2) is 59.6 Å². The molecule has 4 nitrogen and oxygen atoms in total. The van der Waals surface area contributed by atoms with E-state index in [1.165, 1.54) is 21.9 Å². The monoisotopic (exact) mass is 373 g/mol. The third-order valence-electron chi connectivity index (χ3n) is 5.41. The summed E-state index contributed by atoms with van der Waals surface area (Å²) < 4.78 is 5.71. The molecule has 0 radical (unpaired) electrons. The summed E-state index contributed by atoms with van der Waals surface area (Å²) in [6.45, 7) is 2.90. The maximum Gasteiger partial charge on any atom is 0.200 e. The molecule has 0 fully saturated rings. The van der Waals surface area contributed by atoms with Gasteiger partial charge in [0.1, 0.15) is 5.75 Å². The van der Waals surface area contributed by atoms with Crippen LogP contribution in [0.1, 0.15) is 30.9 Å². The van der Waals surface area contributed by atoms with Gasteiger partial charge in [0, 0.05) is 12.4 Å². The minimum absolute atomic E-state index is 0.471. The third-order valence-corrected chi connectivity index (χ3v) is 5.41. The Hall–Kier alpha value is -3.01. The smallest absolute Gasteiger partial charge is 0.200 e. The van der Waals surface area contributed by atoms with E-state index in [-0.39, 0.29) is 0 Å². The van der Waals surface area contributed by atoms with Gasteiger partial charge in [0.25, 0.3) is 0 Å². The van der Waals surface area contributed by atoms with Gasteiger partial charge in [-0.3, -0.25) is 0 Å². The lowest BCUT2D eigenvalue weighted by Gasteiger charge is -2.21. The zero-order chi connectivity index (χ0) is 19.5. The van der Waals surface area contributed by atoms with E-state index in [0.29, 0.717) is 5.96 Å². The largest absolute Gasteiger partial charge is 0.494 e. The van der Waals surface area contributed by atoms with Crippen LogP contribution in [0.2, 0.25) is 0 Å². The Labute approximate surface area is 166 Å². The van der Waals surface area contributed by atoms with E-state index >= 15 is 0 Å². The summed E-state index contributed by atoms with van der Waals surface area (Å²) in [6.07, 6.45) is 4.43. The van der Waals surface area contributed by atoms with Crippen molar-refractivity contribution in [3.05, 3.63) is 65.7 Å². The van der Waals surface area contributed by atoms with Gasteiger partial charge >= 0.3 is 0 Å². The van der Waals surface area contributed by atoms with E-state index in [1.807, 2.05) is 36.2 Å². The lowest BCUT2D eigenvalue weighted by molar-refractivity contribution is 0.309. The number of rotatable bonds is 6. The highest BCUT2D eigenvalue weighted by molar-refractivity contribution is 6.07. The average Bonchev–Trinajstić information content (AvgIpc) is 3.14. The van der Waals surface area contributed by atoms with Gasteiger partial charge in [-0.1, -0.05) is 37.6 Å². The maximum absolute atomic E-state index is 6.34. The number of benzene rings is 3. The molecule has 0 aromatic heterocycles. The van der Waals surface area contributed by atoms with E-state index < -0.39 is 0 Å². The molecular formula is C24H27N3O. The molecule has 1 aliphatic rings. The summed E-state index contributed by atoms with van der Waals surface area (Å²) >= 11 is 0. The number of anilines is 1. The second-order valence-corrected chi connectivity index (χ2v) is 7.31. The normalized spacial score (nSPS) is 13.1. The molecule has 4 heteroatoms. The molecule has 2 N–H and O–H groups in total. The fraction of sp³-hybridized carbons (Fsp3) is 0.292. The number of unbranched alkanes of at least 4 members (excludes halogenated alkanes) is 1. The van der Waals surface area contributed by atoms with Crippen LogP contribution in [0.3, 0.4) is 0 Å². The van der Waals surface area contributed by atoms with Crippen LogP contribution in [0.5, 0.6) is 5.75 Å². The Morgan fingerprint density at radius 1 is 1.04 bits per heavy atom. The van der Waals surface area contributed by atoms with Crippen molar-refractivity contribution in [2.45, 2.75) is 32.6 Å². The molecule has 144 valence electrons. The Bertz CT molecular complexity index is 998. The van der Waals surface area contributed by atoms with E-state index in [1.54, 1.807) is 0 Å². The van der Waals surface area contributed by atoms with Crippen LogP contribution in [-0.4, -0.2) is 19.6 Å². The lowest BCUT2D eigenvalue weighted by atomic mass is 10.0. The van der Waals surface area contributed by atoms with Gasteiger partial charge in [-0.05, 0) is 66.1 Å². The van der Waals surface area contributed by atoms with Gasteiger partial charge < -0.3 is 15.4 Å². The molecule has 3 aromatic rings. The first-order chi connectivity index (χ1) is 13.7. The summed E-state index contributed by atoms with van der Waals surface area (Å²) in [5.41, 5.74) is 11.1. The number of nitrogens with two attached hydrogens (primary N) is 1. The Morgan fingerprint density at radius 3 is 2.54 bits per heavy atom. The molecule has 0 amide bonds. The van der Waals surface area contributed by atoms with E-state index in [4.69, 9.17) is 10.5 Å². The van der Waals surface area contributed by atoms with Crippen molar-refractivity contribution in [3.8, 4) is 5.75 Å². The zero-order valence-electron chi connectivity index (χ0n) is 16.6. The second-order valence-electron chi connectivity index (χ2n) is 7.31. The highest BCUT2D eigenvalue weighted by atomic mass is 16.5. The molecule has 28 heavy (non-hydrogen) atoms. The molecule has 0 spiro atoms. The number of hydrogen-bond acceptors (Lipinski definition) is 2. The average molecular weight is 374 g/mol. The third kappa shape index (κ3) is 3.55. The predicted octanol–water partition coefficient (Wildman–Crippen LogP) is 5.20. The standard InChI is InChI=1S/C24H27N3O/c1-3-4-16-28-20-13-11-19(12-14-20)26-24(25)27(2)22-15-10-18-9-8-17-6-5-7-21(22)23(17)18/h5-7,10-15H,3-4,8-9,16H2,1-2H3,(H2,25,26). The van der Waals surface area contributed by atoms with E-state index in [0.717, 1.165) is 49.4 Å². The molecule has 0 bridgehead atoms. The molecule has 0 saturated carbocycles. The van der Waals surface area contributed by atoms with Gasteiger partial charge in [0.15, 0.2) is 0 Å². The number of aryl methyl sites for hydroxylation is 2. The Kier molecular flexibility index (Phi) is 5.20. The fourth-order valence-electron chi connectivity index (χ4n) is 3.81. The molecule has 3 aromatic carbocycles. The van der Waals surface area contributed by atoms with Crippen LogP contribution in [0.4, 0.5) is 11.4 Å². The Balaban J connectivity index is 1.57. The molecule has 0 heterocycles. The first-order valence-electron chi connectivity index (χ1n) is 10.0. The number of nitrogens with zero attached hydrogens (tertiary/aromatic N) is 2. The molecule has 0 aliphatic heterocycles. The number of ether oxygens (including phenoxy) is 1. The van der Waals surface area contributed by atoms with E-state index in [2.05, 4.69) is 42.2 Å². The topological polar surface area (TPSA) is 50.9 Å². The van der Waals surface area contributed by atoms with Crippen molar-refractivity contribution in [3.63, 3.8) is 0 Å². The summed E-state index contributed by atoms with van der Waals surface area (Å²) in [6, 6.07) is 18.7. The molecule has 1 aliphatic carbocycles. The van der Waals surface area contributed by atoms with Gasteiger partial charge in [-0.2, -0.15) is 0 Å². The highest BCUT2D eigenvalue weighted by Crippen LogP contribution is 2.36. The van der Waals surface area contributed by atoms with Crippen molar-refractivity contribution < 1.29 is 4.74 Å². The summed E-state index contributed by atoms with van der Waals surface area (Å²) in [5, 5.41) is 2.63. The quantitative estimate of drug-likeness (QED) is 0.367. The molecular weight excluding hydrogens is 346 g/mol. The first kappa shape index (κ1) is 18.4. The zero-order valence-corrected chi connectivity index (χ0v) is 16.6. The number of guanidine groups is 1. The predicted molar refractivity (Wildman–Crippen MR) is 118 cm³/mol. The van der Waals surface area contributed by atoms with Crippen LogP contribution >= 0.6 is 0 Å². The minimum Gasteiger partial charge on any atom is -0.494 e. The van der Waals surface area contributed by atoms with Crippen molar-refractivity contribution in [1.82, 2.24) is 0 Å². The van der Waals surface area contributed by atoms with Crippen molar-refractivity contribution in [1.29, 1.82) is 0 Å². The van der Waals surface area contributed by atoms with Gasteiger partial charge in [-0.25, -0.2) is 4.99 Å². The van der Waals surface area contributed by atoms with Crippen molar-refractivity contribution >= 4 is 28.1 Å². The van der Waals surface area contributed by atoms with Crippen LogP contribution < -0.4 is 15.4 Å². The molecule has 4 rings (SSSR count). The number of hydrogen-bond donors (Lipinski definition) is 1.